The average molecular weight is 307 g/mol. The maximum atomic E-state index is 12.7. The number of nitrogens with zero attached hydrogens (tertiary/aromatic N) is 1. The predicted octanol–water partition coefficient (Wildman–Crippen LogP) is 1.84. The second-order valence-corrected chi connectivity index (χ2v) is 7.51. The van der Waals surface area contributed by atoms with Gasteiger partial charge < -0.3 is 4.74 Å². The van der Waals surface area contributed by atoms with Crippen LogP contribution in [0, 0.1) is 12.8 Å². The molecule has 0 amide bonds. The van der Waals surface area contributed by atoms with E-state index in [4.69, 9.17) is 4.74 Å². The Balaban J connectivity index is 1.91. The molecule has 0 aromatic heterocycles. The molecule has 2 heterocycles. The predicted molar refractivity (Wildman–Crippen MR) is 76.8 cm³/mol. The number of sulfonamides is 1. The molecule has 1 saturated heterocycles. The van der Waals surface area contributed by atoms with Gasteiger partial charge in [-0.25, -0.2) is 8.42 Å². The van der Waals surface area contributed by atoms with Crippen LogP contribution in [0.25, 0.3) is 0 Å². The van der Waals surface area contributed by atoms with Gasteiger partial charge >= 0.3 is 5.97 Å². The van der Waals surface area contributed by atoms with Crippen LogP contribution < -0.4 is 0 Å². The van der Waals surface area contributed by atoms with Crippen molar-refractivity contribution in [2.45, 2.75) is 25.2 Å². The van der Waals surface area contributed by atoms with E-state index < -0.39 is 10.0 Å². The minimum atomic E-state index is -3.52. The van der Waals surface area contributed by atoms with Crippen LogP contribution in [-0.2, 0) is 19.6 Å². The van der Waals surface area contributed by atoms with Crippen LogP contribution in [0.1, 0.15) is 18.9 Å². The van der Waals surface area contributed by atoms with Crippen LogP contribution in [0.5, 0.6) is 0 Å². The van der Waals surface area contributed by atoms with Crippen LogP contribution in [0.2, 0.25) is 0 Å². The van der Waals surface area contributed by atoms with E-state index >= 15 is 0 Å². The summed E-state index contributed by atoms with van der Waals surface area (Å²) in [6.07, 6.45) is 0.257. The Morgan fingerprint density at radius 3 is 2.52 bits per heavy atom. The molecule has 0 unspecified atom stereocenters. The molecule has 112 valence electrons. The quantitative estimate of drug-likeness (QED) is 0.782. The van der Waals surface area contributed by atoms with E-state index in [0.717, 1.165) is 11.1 Å². The van der Waals surface area contributed by atoms with Crippen molar-refractivity contribution in [3.8, 4) is 0 Å². The van der Waals surface area contributed by atoms with Gasteiger partial charge in [-0.1, -0.05) is 17.7 Å². The zero-order valence-corrected chi connectivity index (χ0v) is 12.8. The number of fused-ring (bicyclic) bond motifs is 1. The van der Waals surface area contributed by atoms with E-state index in [1.807, 2.05) is 6.92 Å². The number of rotatable bonds is 2. The van der Waals surface area contributed by atoms with Crippen LogP contribution in [0.4, 0.5) is 0 Å². The fourth-order valence-corrected chi connectivity index (χ4v) is 4.31. The molecule has 1 fully saturated rings. The first-order chi connectivity index (χ1) is 9.88. The Hall–Kier alpha value is -1.66. The zero-order valence-electron chi connectivity index (χ0n) is 12.0. The molecule has 21 heavy (non-hydrogen) atoms. The van der Waals surface area contributed by atoms with Crippen LogP contribution in [-0.4, -0.2) is 31.8 Å². The Labute approximate surface area is 124 Å². The Bertz CT molecular complexity index is 719. The van der Waals surface area contributed by atoms with Gasteiger partial charge in [0.1, 0.15) is 5.76 Å². The maximum absolute atomic E-state index is 12.7. The van der Waals surface area contributed by atoms with E-state index in [1.165, 1.54) is 4.31 Å². The van der Waals surface area contributed by atoms with Crippen LogP contribution in [0.3, 0.4) is 0 Å². The van der Waals surface area contributed by atoms with Crippen LogP contribution >= 0.6 is 0 Å². The number of allylic oxidation sites excluding steroid dienone is 1. The van der Waals surface area contributed by atoms with Gasteiger partial charge in [0, 0.05) is 19.0 Å². The summed E-state index contributed by atoms with van der Waals surface area (Å²) in [6, 6.07) is 6.81. The number of carbonyl (C=O) groups excluding carboxylic acids is 1. The van der Waals surface area contributed by atoms with Gasteiger partial charge in [-0.15, -0.1) is 0 Å². The number of benzene rings is 1. The fraction of sp³-hybridized carbons (Fsp3) is 0.400. The minimum absolute atomic E-state index is 0.0496. The molecule has 0 spiro atoms. The molecule has 1 aromatic carbocycles. The lowest BCUT2D eigenvalue weighted by atomic mass is 9.96. The van der Waals surface area contributed by atoms with Crippen molar-refractivity contribution in [1.29, 1.82) is 0 Å². The zero-order chi connectivity index (χ0) is 15.2. The summed E-state index contributed by atoms with van der Waals surface area (Å²) in [5.41, 5.74) is 1.94. The van der Waals surface area contributed by atoms with Gasteiger partial charge in [-0.3, -0.25) is 4.79 Å². The smallest absolute Gasteiger partial charge is 0.311 e. The lowest BCUT2D eigenvalue weighted by Crippen LogP contribution is -2.29. The number of esters is 1. The van der Waals surface area contributed by atoms with Crippen LogP contribution in [0.15, 0.2) is 40.5 Å². The normalized spacial score (nSPS) is 23.1. The number of aryl methyl sites for hydroxylation is 1. The van der Waals surface area contributed by atoms with Crippen molar-refractivity contribution in [2.75, 3.05) is 13.1 Å². The number of carbonyl (C=O) groups is 1. The van der Waals surface area contributed by atoms with E-state index in [-0.39, 0.29) is 23.2 Å². The summed E-state index contributed by atoms with van der Waals surface area (Å²) in [5, 5.41) is 0. The number of ether oxygens (including phenoxy) is 1. The third kappa shape index (κ3) is 2.49. The standard InChI is InChI=1S/C15H17NO4S/c1-10-3-5-13(6-4-10)21(18,19)16-8-12-7-15(17)20-11(2)14(12)9-16/h3-6,12H,7-9H2,1-2H3/t12-/m1/s1. The Morgan fingerprint density at radius 2 is 1.86 bits per heavy atom. The molecule has 6 heteroatoms. The topological polar surface area (TPSA) is 63.7 Å². The minimum Gasteiger partial charge on any atom is -0.431 e. The molecule has 3 rings (SSSR count). The van der Waals surface area contributed by atoms with E-state index in [1.54, 1.807) is 31.2 Å². The highest BCUT2D eigenvalue weighted by Crippen LogP contribution is 2.35. The molecular formula is C15H17NO4S. The highest BCUT2D eigenvalue weighted by Gasteiger charge is 2.40. The monoisotopic (exact) mass is 307 g/mol. The van der Waals surface area contributed by atoms with Gasteiger partial charge in [-0.2, -0.15) is 4.31 Å². The summed E-state index contributed by atoms with van der Waals surface area (Å²) >= 11 is 0. The second kappa shape index (κ2) is 4.96. The number of hydrogen-bond acceptors (Lipinski definition) is 4. The van der Waals surface area contributed by atoms with Gasteiger partial charge in [0.25, 0.3) is 0 Å². The Kier molecular flexibility index (Phi) is 3.37. The molecule has 0 bridgehead atoms. The van der Waals surface area contributed by atoms with E-state index in [2.05, 4.69) is 0 Å². The van der Waals surface area contributed by atoms with Crippen molar-refractivity contribution < 1.29 is 17.9 Å². The maximum Gasteiger partial charge on any atom is 0.311 e. The van der Waals surface area contributed by atoms with Crippen molar-refractivity contribution >= 4 is 16.0 Å². The molecule has 5 nitrogen and oxygen atoms in total. The van der Waals surface area contributed by atoms with Gasteiger partial charge in [0.05, 0.1) is 11.3 Å². The SMILES string of the molecule is CC1=C2CN(S(=O)(=O)c3ccc(C)cc3)C[C@H]2CC(=O)O1. The lowest BCUT2D eigenvalue weighted by Gasteiger charge is -2.18. The lowest BCUT2D eigenvalue weighted by molar-refractivity contribution is -0.141. The number of hydrogen-bond donors (Lipinski definition) is 0. The Morgan fingerprint density at radius 1 is 1.19 bits per heavy atom. The van der Waals surface area contributed by atoms with Crippen molar-refractivity contribution in [3.63, 3.8) is 0 Å². The van der Waals surface area contributed by atoms with E-state index in [0.29, 0.717) is 18.8 Å². The van der Waals surface area contributed by atoms with Gasteiger partial charge in [0.15, 0.2) is 0 Å². The summed E-state index contributed by atoms with van der Waals surface area (Å²) in [5.74, 6) is 0.222. The highest BCUT2D eigenvalue weighted by molar-refractivity contribution is 7.89. The molecule has 0 aliphatic carbocycles. The van der Waals surface area contributed by atoms with Gasteiger partial charge in [0.2, 0.25) is 10.0 Å². The third-order valence-electron chi connectivity index (χ3n) is 4.05. The molecule has 0 N–H and O–H groups in total. The largest absolute Gasteiger partial charge is 0.431 e. The molecule has 1 atom stereocenters. The summed E-state index contributed by atoms with van der Waals surface area (Å²) in [6.45, 7) is 4.29. The summed E-state index contributed by atoms with van der Waals surface area (Å²) < 4.78 is 31.8. The first kappa shape index (κ1) is 14.3. The third-order valence-corrected chi connectivity index (χ3v) is 5.88. The summed E-state index contributed by atoms with van der Waals surface area (Å²) in [7, 11) is -3.52. The first-order valence-corrected chi connectivity index (χ1v) is 8.29. The van der Waals surface area contributed by atoms with Crippen molar-refractivity contribution in [3.05, 3.63) is 41.2 Å². The van der Waals surface area contributed by atoms with Crippen molar-refractivity contribution in [1.82, 2.24) is 4.31 Å². The number of cyclic esters (lactones) is 1. The van der Waals surface area contributed by atoms with Crippen molar-refractivity contribution in [2.24, 2.45) is 5.92 Å². The second-order valence-electron chi connectivity index (χ2n) is 5.57. The summed E-state index contributed by atoms with van der Waals surface area (Å²) in [4.78, 5) is 11.7. The molecular weight excluding hydrogens is 290 g/mol. The fourth-order valence-electron chi connectivity index (χ4n) is 2.85. The molecule has 0 radical (unpaired) electrons. The molecule has 2 aliphatic rings. The molecule has 2 aliphatic heterocycles. The average Bonchev–Trinajstić information content (AvgIpc) is 2.84. The highest BCUT2D eigenvalue weighted by atomic mass is 32.2. The first-order valence-electron chi connectivity index (χ1n) is 6.85. The van der Waals surface area contributed by atoms with Gasteiger partial charge in [-0.05, 0) is 31.6 Å². The molecule has 0 saturated carbocycles. The molecule has 1 aromatic rings. The van der Waals surface area contributed by atoms with E-state index in [9.17, 15) is 13.2 Å².